The summed E-state index contributed by atoms with van der Waals surface area (Å²) in [6, 6.07) is 7.73. The molecule has 1 aromatic carbocycles. The largest absolute Gasteiger partial charge is 0.497 e. The summed E-state index contributed by atoms with van der Waals surface area (Å²) in [5, 5.41) is 3.23. The van der Waals surface area contributed by atoms with Crippen LogP contribution >= 0.6 is 0 Å². The third-order valence-corrected chi connectivity index (χ3v) is 3.04. The van der Waals surface area contributed by atoms with Gasteiger partial charge in [-0.1, -0.05) is 6.07 Å². The fraction of sp³-hybridized carbons (Fsp3) is 0.308. The zero-order valence-electron chi connectivity index (χ0n) is 9.64. The van der Waals surface area contributed by atoms with E-state index >= 15 is 0 Å². The van der Waals surface area contributed by atoms with Gasteiger partial charge >= 0.3 is 0 Å². The van der Waals surface area contributed by atoms with Gasteiger partial charge in [0.1, 0.15) is 12.0 Å². The minimum Gasteiger partial charge on any atom is -0.497 e. The van der Waals surface area contributed by atoms with Crippen molar-refractivity contribution in [1.82, 2.24) is 10.3 Å². The number of nitrogens with zero attached hydrogens (tertiary/aromatic N) is 1. The molecule has 1 saturated heterocycles. The van der Waals surface area contributed by atoms with Gasteiger partial charge in [0.15, 0.2) is 0 Å². The molecule has 0 atom stereocenters. The Bertz CT molecular complexity index is 518. The SMILES string of the molecule is COc1cccc(-c2nc(C3CNC3)co2)c1. The summed E-state index contributed by atoms with van der Waals surface area (Å²) in [5.74, 6) is 1.97. The molecule has 0 unspecified atom stereocenters. The molecule has 2 aromatic rings. The number of nitrogens with one attached hydrogen (secondary N) is 1. The lowest BCUT2D eigenvalue weighted by Crippen LogP contribution is -2.40. The van der Waals surface area contributed by atoms with Crippen LogP contribution < -0.4 is 10.1 Å². The second kappa shape index (κ2) is 4.22. The summed E-state index contributed by atoms with van der Waals surface area (Å²) >= 11 is 0. The minimum absolute atomic E-state index is 0.498. The molecule has 4 nitrogen and oxygen atoms in total. The quantitative estimate of drug-likeness (QED) is 0.876. The van der Waals surface area contributed by atoms with Crippen LogP contribution in [0.5, 0.6) is 5.75 Å². The second-order valence-electron chi connectivity index (χ2n) is 4.16. The molecule has 1 aromatic heterocycles. The molecule has 1 fully saturated rings. The zero-order chi connectivity index (χ0) is 11.7. The van der Waals surface area contributed by atoms with Gasteiger partial charge in [-0.25, -0.2) is 4.98 Å². The van der Waals surface area contributed by atoms with E-state index in [1.807, 2.05) is 24.3 Å². The first-order valence-electron chi connectivity index (χ1n) is 5.67. The average molecular weight is 230 g/mol. The van der Waals surface area contributed by atoms with E-state index in [0.29, 0.717) is 11.8 Å². The van der Waals surface area contributed by atoms with E-state index in [-0.39, 0.29) is 0 Å². The highest BCUT2D eigenvalue weighted by molar-refractivity contribution is 5.56. The van der Waals surface area contributed by atoms with Crippen molar-refractivity contribution in [1.29, 1.82) is 0 Å². The smallest absolute Gasteiger partial charge is 0.226 e. The fourth-order valence-corrected chi connectivity index (χ4v) is 1.86. The zero-order valence-corrected chi connectivity index (χ0v) is 9.64. The van der Waals surface area contributed by atoms with Gasteiger partial charge in [-0.05, 0) is 18.2 Å². The van der Waals surface area contributed by atoms with Gasteiger partial charge in [0.25, 0.3) is 0 Å². The highest BCUT2D eigenvalue weighted by Crippen LogP contribution is 2.26. The minimum atomic E-state index is 0.498. The number of hydrogen-bond acceptors (Lipinski definition) is 4. The maximum Gasteiger partial charge on any atom is 0.226 e. The van der Waals surface area contributed by atoms with Crippen LogP contribution in [0.15, 0.2) is 34.9 Å². The molecule has 0 aliphatic carbocycles. The van der Waals surface area contributed by atoms with Crippen LogP contribution in [0.3, 0.4) is 0 Å². The summed E-state index contributed by atoms with van der Waals surface area (Å²) in [5.41, 5.74) is 1.98. The van der Waals surface area contributed by atoms with Gasteiger partial charge in [-0.3, -0.25) is 0 Å². The van der Waals surface area contributed by atoms with Crippen LogP contribution in [0, 0.1) is 0 Å². The van der Waals surface area contributed by atoms with E-state index in [9.17, 15) is 0 Å². The van der Waals surface area contributed by atoms with Crippen molar-refractivity contribution < 1.29 is 9.15 Å². The molecule has 0 saturated carbocycles. The van der Waals surface area contributed by atoms with Crippen LogP contribution in [0.2, 0.25) is 0 Å². The second-order valence-corrected chi connectivity index (χ2v) is 4.16. The van der Waals surface area contributed by atoms with Crippen molar-refractivity contribution in [3.8, 4) is 17.2 Å². The molecule has 2 heterocycles. The maximum atomic E-state index is 5.51. The molecular formula is C13H14N2O2. The van der Waals surface area contributed by atoms with E-state index in [0.717, 1.165) is 30.1 Å². The highest BCUT2D eigenvalue weighted by atomic mass is 16.5. The lowest BCUT2D eigenvalue weighted by atomic mass is 10.0. The Morgan fingerprint density at radius 2 is 2.29 bits per heavy atom. The molecule has 0 radical (unpaired) electrons. The third kappa shape index (κ3) is 1.91. The predicted molar refractivity (Wildman–Crippen MR) is 64.1 cm³/mol. The topological polar surface area (TPSA) is 47.3 Å². The number of methoxy groups -OCH3 is 1. The van der Waals surface area contributed by atoms with Crippen molar-refractivity contribution in [2.45, 2.75) is 5.92 Å². The molecule has 17 heavy (non-hydrogen) atoms. The monoisotopic (exact) mass is 230 g/mol. The maximum absolute atomic E-state index is 5.51. The van der Waals surface area contributed by atoms with Crippen LogP contribution in [-0.2, 0) is 0 Å². The Kier molecular flexibility index (Phi) is 2.57. The first-order valence-corrected chi connectivity index (χ1v) is 5.67. The Hall–Kier alpha value is -1.81. The van der Waals surface area contributed by atoms with E-state index < -0.39 is 0 Å². The summed E-state index contributed by atoms with van der Waals surface area (Å²) < 4.78 is 10.7. The first-order chi connectivity index (χ1) is 8.36. The average Bonchev–Trinajstić information content (AvgIpc) is 2.76. The van der Waals surface area contributed by atoms with Gasteiger partial charge in [0.2, 0.25) is 5.89 Å². The molecule has 4 heteroatoms. The normalized spacial score (nSPS) is 15.6. The van der Waals surface area contributed by atoms with Gasteiger partial charge in [-0.15, -0.1) is 0 Å². The molecule has 1 aliphatic rings. The number of benzene rings is 1. The summed E-state index contributed by atoms with van der Waals surface area (Å²) in [7, 11) is 1.65. The molecule has 0 amide bonds. The lowest BCUT2D eigenvalue weighted by Gasteiger charge is -2.24. The molecule has 1 aliphatic heterocycles. The van der Waals surface area contributed by atoms with E-state index in [4.69, 9.17) is 9.15 Å². The van der Waals surface area contributed by atoms with Gasteiger partial charge < -0.3 is 14.5 Å². The molecule has 1 N–H and O–H groups in total. The van der Waals surface area contributed by atoms with E-state index in [1.165, 1.54) is 0 Å². The van der Waals surface area contributed by atoms with Gasteiger partial charge in [-0.2, -0.15) is 0 Å². The molecule has 3 rings (SSSR count). The van der Waals surface area contributed by atoms with Crippen LogP contribution in [-0.4, -0.2) is 25.2 Å². The summed E-state index contributed by atoms with van der Waals surface area (Å²) in [6.45, 7) is 1.98. The van der Waals surface area contributed by atoms with Crippen molar-refractivity contribution in [3.63, 3.8) is 0 Å². The Morgan fingerprint density at radius 1 is 1.41 bits per heavy atom. The number of oxazole rings is 1. The highest BCUT2D eigenvalue weighted by Gasteiger charge is 2.22. The Morgan fingerprint density at radius 3 is 3.00 bits per heavy atom. The first kappa shape index (κ1) is 10.4. The predicted octanol–water partition coefficient (Wildman–Crippen LogP) is 2.04. The van der Waals surface area contributed by atoms with Crippen molar-refractivity contribution >= 4 is 0 Å². The standard InChI is InChI=1S/C13H14N2O2/c1-16-11-4-2-3-9(5-11)13-15-12(8-17-13)10-6-14-7-10/h2-5,8,10,14H,6-7H2,1H3. The molecule has 0 spiro atoms. The van der Waals surface area contributed by atoms with Crippen molar-refractivity contribution in [2.75, 3.05) is 20.2 Å². The van der Waals surface area contributed by atoms with Crippen molar-refractivity contribution in [2.24, 2.45) is 0 Å². The van der Waals surface area contributed by atoms with Crippen LogP contribution in [0.1, 0.15) is 11.6 Å². The van der Waals surface area contributed by atoms with Crippen molar-refractivity contribution in [3.05, 3.63) is 36.2 Å². The summed E-state index contributed by atoms with van der Waals surface area (Å²) in [4.78, 5) is 4.52. The Balaban J connectivity index is 1.89. The molecule has 88 valence electrons. The number of ether oxygens (including phenoxy) is 1. The van der Waals surface area contributed by atoms with Crippen LogP contribution in [0.25, 0.3) is 11.5 Å². The Labute approximate surface area is 99.6 Å². The van der Waals surface area contributed by atoms with Gasteiger partial charge in [0, 0.05) is 24.6 Å². The molecular weight excluding hydrogens is 216 g/mol. The number of hydrogen-bond donors (Lipinski definition) is 1. The third-order valence-electron chi connectivity index (χ3n) is 3.04. The van der Waals surface area contributed by atoms with E-state index in [2.05, 4.69) is 10.3 Å². The lowest BCUT2D eigenvalue weighted by molar-refractivity contribution is 0.414. The van der Waals surface area contributed by atoms with Crippen LogP contribution in [0.4, 0.5) is 0 Å². The van der Waals surface area contributed by atoms with Gasteiger partial charge in [0.05, 0.1) is 12.8 Å². The fourth-order valence-electron chi connectivity index (χ4n) is 1.86. The molecule has 0 bridgehead atoms. The summed E-state index contributed by atoms with van der Waals surface area (Å²) in [6.07, 6.45) is 1.75. The number of rotatable bonds is 3. The number of aromatic nitrogens is 1. The van der Waals surface area contributed by atoms with E-state index in [1.54, 1.807) is 13.4 Å².